The molecule has 2 aromatic rings. The van der Waals surface area contributed by atoms with Gasteiger partial charge < -0.3 is 5.73 Å². The molecule has 0 aliphatic heterocycles. The predicted octanol–water partition coefficient (Wildman–Crippen LogP) is 3.74. The summed E-state index contributed by atoms with van der Waals surface area (Å²) in [6.07, 6.45) is 0. The van der Waals surface area contributed by atoms with E-state index in [-0.39, 0.29) is 5.56 Å². The molecule has 0 aliphatic carbocycles. The third-order valence-electron chi connectivity index (χ3n) is 2.49. The Hall–Kier alpha value is -1.45. The van der Waals surface area contributed by atoms with E-state index in [1.54, 1.807) is 12.1 Å². The molecule has 0 atom stereocenters. The Bertz CT molecular complexity index is 555. The second-order valence-corrected chi connectivity index (χ2v) is 4.05. The number of hydrogen-bond acceptors (Lipinski definition) is 1. The maximum Gasteiger partial charge on any atom is 0.131 e. The third kappa shape index (κ3) is 2.46. The fourth-order valence-electron chi connectivity index (χ4n) is 1.61. The Morgan fingerprint density at radius 2 is 1.76 bits per heavy atom. The molecule has 0 unspecified atom stereocenters. The number of rotatable bonds is 2. The van der Waals surface area contributed by atoms with Gasteiger partial charge in [-0.2, -0.15) is 0 Å². The molecule has 88 valence electrons. The summed E-state index contributed by atoms with van der Waals surface area (Å²) in [5.74, 6) is -0.906. The first kappa shape index (κ1) is 12.0. The standard InChI is InChI=1S/C13H10ClF2N/c14-12-3-2-9(15)6-10(12)11-5-8(7-17)1-4-13(11)16/h1-6H,7,17H2. The van der Waals surface area contributed by atoms with E-state index in [0.29, 0.717) is 17.1 Å². The summed E-state index contributed by atoms with van der Waals surface area (Å²) < 4.78 is 26.8. The first-order valence-electron chi connectivity index (χ1n) is 5.05. The minimum absolute atomic E-state index is 0.262. The Morgan fingerprint density at radius 3 is 2.47 bits per heavy atom. The molecular formula is C13H10ClF2N. The smallest absolute Gasteiger partial charge is 0.131 e. The van der Waals surface area contributed by atoms with Crippen molar-refractivity contribution in [3.8, 4) is 11.1 Å². The molecule has 0 amide bonds. The van der Waals surface area contributed by atoms with Crippen LogP contribution in [0, 0.1) is 11.6 Å². The minimum Gasteiger partial charge on any atom is -0.326 e. The van der Waals surface area contributed by atoms with Crippen LogP contribution in [0.2, 0.25) is 5.02 Å². The Balaban J connectivity index is 2.62. The lowest BCUT2D eigenvalue weighted by Crippen LogP contribution is -1.97. The highest BCUT2D eigenvalue weighted by molar-refractivity contribution is 6.33. The van der Waals surface area contributed by atoms with Crippen molar-refractivity contribution >= 4 is 11.6 Å². The lowest BCUT2D eigenvalue weighted by Gasteiger charge is -2.08. The molecule has 0 aromatic heterocycles. The molecular weight excluding hydrogens is 244 g/mol. The summed E-state index contributed by atoms with van der Waals surface area (Å²) in [5, 5.41) is 0.305. The zero-order chi connectivity index (χ0) is 12.4. The van der Waals surface area contributed by atoms with E-state index in [1.807, 2.05) is 0 Å². The van der Waals surface area contributed by atoms with Crippen LogP contribution in [0.1, 0.15) is 5.56 Å². The molecule has 0 bridgehead atoms. The quantitative estimate of drug-likeness (QED) is 0.867. The highest BCUT2D eigenvalue weighted by Crippen LogP contribution is 2.31. The van der Waals surface area contributed by atoms with Crippen molar-refractivity contribution in [2.75, 3.05) is 0 Å². The fraction of sp³-hybridized carbons (Fsp3) is 0.0769. The average Bonchev–Trinajstić information content (AvgIpc) is 2.33. The molecule has 0 fully saturated rings. The van der Waals surface area contributed by atoms with Gasteiger partial charge in [0.05, 0.1) is 0 Å². The molecule has 2 aromatic carbocycles. The van der Waals surface area contributed by atoms with Crippen molar-refractivity contribution in [1.29, 1.82) is 0 Å². The zero-order valence-electron chi connectivity index (χ0n) is 8.88. The molecule has 0 saturated carbocycles. The largest absolute Gasteiger partial charge is 0.326 e. The van der Waals surface area contributed by atoms with Crippen LogP contribution >= 0.6 is 11.6 Å². The van der Waals surface area contributed by atoms with E-state index in [4.69, 9.17) is 17.3 Å². The molecule has 4 heteroatoms. The summed E-state index contributed by atoms with van der Waals surface area (Å²) in [4.78, 5) is 0. The zero-order valence-corrected chi connectivity index (χ0v) is 9.64. The predicted molar refractivity (Wildman–Crippen MR) is 64.7 cm³/mol. The summed E-state index contributed by atoms with van der Waals surface area (Å²) in [6.45, 7) is 0.292. The van der Waals surface area contributed by atoms with Crippen molar-refractivity contribution in [1.82, 2.24) is 0 Å². The lowest BCUT2D eigenvalue weighted by atomic mass is 10.0. The molecule has 0 saturated heterocycles. The number of benzene rings is 2. The fourth-order valence-corrected chi connectivity index (χ4v) is 1.83. The first-order chi connectivity index (χ1) is 8.11. The third-order valence-corrected chi connectivity index (χ3v) is 2.81. The molecule has 17 heavy (non-hydrogen) atoms. The van der Waals surface area contributed by atoms with Crippen LogP contribution in [-0.4, -0.2) is 0 Å². The van der Waals surface area contributed by atoms with E-state index >= 15 is 0 Å². The van der Waals surface area contributed by atoms with E-state index in [2.05, 4.69) is 0 Å². The van der Waals surface area contributed by atoms with Gasteiger partial charge in [0.2, 0.25) is 0 Å². The van der Waals surface area contributed by atoms with Gasteiger partial charge in [0.1, 0.15) is 11.6 Å². The number of nitrogens with two attached hydrogens (primary N) is 1. The minimum atomic E-state index is -0.457. The van der Waals surface area contributed by atoms with E-state index in [9.17, 15) is 8.78 Å². The maximum absolute atomic E-state index is 13.7. The number of halogens is 3. The highest BCUT2D eigenvalue weighted by Gasteiger charge is 2.10. The maximum atomic E-state index is 13.7. The monoisotopic (exact) mass is 253 g/mol. The van der Waals surface area contributed by atoms with Gasteiger partial charge in [-0.3, -0.25) is 0 Å². The van der Waals surface area contributed by atoms with E-state index < -0.39 is 11.6 Å². The normalized spacial score (nSPS) is 10.6. The van der Waals surface area contributed by atoms with Crippen LogP contribution in [-0.2, 0) is 6.54 Å². The summed E-state index contributed by atoms with van der Waals surface area (Å²) in [7, 11) is 0. The summed E-state index contributed by atoms with van der Waals surface area (Å²) in [5.41, 5.74) is 6.85. The van der Waals surface area contributed by atoms with Crippen molar-refractivity contribution in [2.24, 2.45) is 5.73 Å². The van der Waals surface area contributed by atoms with Crippen molar-refractivity contribution < 1.29 is 8.78 Å². The number of hydrogen-bond donors (Lipinski definition) is 1. The van der Waals surface area contributed by atoms with Crippen LogP contribution in [0.3, 0.4) is 0 Å². The highest BCUT2D eigenvalue weighted by atomic mass is 35.5. The molecule has 2 N–H and O–H groups in total. The van der Waals surface area contributed by atoms with Crippen LogP contribution in [0.25, 0.3) is 11.1 Å². The Kier molecular flexibility index (Phi) is 3.41. The summed E-state index contributed by atoms with van der Waals surface area (Å²) in [6, 6.07) is 8.32. The van der Waals surface area contributed by atoms with Gasteiger partial charge >= 0.3 is 0 Å². The lowest BCUT2D eigenvalue weighted by molar-refractivity contribution is 0.624. The van der Waals surface area contributed by atoms with Crippen LogP contribution in [0.15, 0.2) is 36.4 Å². The SMILES string of the molecule is NCc1ccc(F)c(-c2cc(F)ccc2Cl)c1. The van der Waals surface area contributed by atoms with Gasteiger partial charge in [0.15, 0.2) is 0 Å². The van der Waals surface area contributed by atoms with Gasteiger partial charge in [-0.1, -0.05) is 17.7 Å². The van der Waals surface area contributed by atoms with Crippen molar-refractivity contribution in [2.45, 2.75) is 6.54 Å². The molecule has 0 radical (unpaired) electrons. The van der Waals surface area contributed by atoms with Gasteiger partial charge in [0.25, 0.3) is 0 Å². The molecule has 2 rings (SSSR count). The van der Waals surface area contributed by atoms with Crippen LogP contribution in [0.4, 0.5) is 8.78 Å². The molecule has 0 spiro atoms. The average molecular weight is 254 g/mol. The molecule has 0 aliphatic rings. The molecule has 0 heterocycles. The van der Waals surface area contributed by atoms with Crippen LogP contribution in [0.5, 0.6) is 0 Å². The Morgan fingerprint density at radius 1 is 1.00 bits per heavy atom. The van der Waals surface area contributed by atoms with Crippen molar-refractivity contribution in [3.63, 3.8) is 0 Å². The first-order valence-corrected chi connectivity index (χ1v) is 5.43. The second kappa shape index (κ2) is 4.82. The van der Waals surface area contributed by atoms with Gasteiger partial charge in [0, 0.05) is 22.7 Å². The van der Waals surface area contributed by atoms with Gasteiger partial charge in [-0.25, -0.2) is 8.78 Å². The van der Waals surface area contributed by atoms with E-state index in [0.717, 1.165) is 5.56 Å². The molecule has 1 nitrogen and oxygen atoms in total. The van der Waals surface area contributed by atoms with Crippen LogP contribution < -0.4 is 5.73 Å². The Labute approximate surface area is 103 Å². The second-order valence-electron chi connectivity index (χ2n) is 3.64. The topological polar surface area (TPSA) is 26.0 Å². The van der Waals surface area contributed by atoms with Gasteiger partial charge in [-0.05, 0) is 35.9 Å². The van der Waals surface area contributed by atoms with Gasteiger partial charge in [-0.15, -0.1) is 0 Å². The summed E-state index contributed by atoms with van der Waals surface area (Å²) >= 11 is 5.93. The van der Waals surface area contributed by atoms with Crippen molar-refractivity contribution in [3.05, 3.63) is 58.6 Å². The van der Waals surface area contributed by atoms with E-state index in [1.165, 1.54) is 24.3 Å².